The summed E-state index contributed by atoms with van der Waals surface area (Å²) in [5, 5.41) is 11.3. The van der Waals surface area contributed by atoms with Gasteiger partial charge in [0.25, 0.3) is 0 Å². The minimum absolute atomic E-state index is 0.122. The van der Waals surface area contributed by atoms with Crippen LogP contribution in [-0.4, -0.2) is 20.7 Å². The predicted molar refractivity (Wildman–Crippen MR) is 93.5 cm³/mol. The van der Waals surface area contributed by atoms with Crippen molar-refractivity contribution >= 4 is 5.91 Å². The summed E-state index contributed by atoms with van der Waals surface area (Å²) in [4.78, 5) is 13.2. The number of carbonyl (C=O) groups is 1. The fraction of sp³-hybridized carbons (Fsp3) is 0.526. The van der Waals surface area contributed by atoms with Crippen molar-refractivity contribution in [2.45, 2.75) is 57.9 Å². The molecule has 1 aromatic carbocycles. The number of benzene rings is 1. The van der Waals surface area contributed by atoms with E-state index in [9.17, 15) is 4.79 Å². The summed E-state index contributed by atoms with van der Waals surface area (Å²) in [6, 6.07) is 8.30. The highest BCUT2D eigenvalue weighted by Gasteiger charge is 2.41. The maximum atomic E-state index is 13.2. The van der Waals surface area contributed by atoms with Crippen LogP contribution in [0.1, 0.15) is 54.9 Å². The van der Waals surface area contributed by atoms with E-state index in [1.165, 1.54) is 17.5 Å². The van der Waals surface area contributed by atoms with Crippen LogP contribution in [0.5, 0.6) is 0 Å². The highest BCUT2D eigenvalue weighted by molar-refractivity contribution is 5.88. The third kappa shape index (κ3) is 2.95. The highest BCUT2D eigenvalue weighted by atomic mass is 16.2. The summed E-state index contributed by atoms with van der Waals surface area (Å²) in [7, 11) is 1.93. The molecule has 1 saturated carbocycles. The second-order valence-corrected chi connectivity index (χ2v) is 6.86. The molecule has 0 bridgehead atoms. The number of carbonyl (C=O) groups excluding carboxylic acids is 1. The van der Waals surface area contributed by atoms with Crippen molar-refractivity contribution in [3.63, 3.8) is 0 Å². The van der Waals surface area contributed by atoms with Gasteiger partial charge in [0.1, 0.15) is 5.82 Å². The summed E-state index contributed by atoms with van der Waals surface area (Å²) >= 11 is 0. The normalized spacial score (nSPS) is 16.8. The molecule has 0 atom stereocenters. The standard InChI is InChI=1S/C19H26N4O/c1-14-9-5-6-10-16(14)19(11-7-4-8-12-19)18(24)20-13-17-22-21-15(2)23(17)3/h5-6,9-10H,4,7-8,11-13H2,1-3H3,(H,20,24). The second-order valence-electron chi connectivity index (χ2n) is 6.86. The van der Waals surface area contributed by atoms with Crippen LogP contribution >= 0.6 is 0 Å². The van der Waals surface area contributed by atoms with E-state index in [4.69, 9.17) is 0 Å². The number of rotatable bonds is 4. The van der Waals surface area contributed by atoms with Gasteiger partial charge in [0.05, 0.1) is 12.0 Å². The lowest BCUT2D eigenvalue weighted by atomic mass is 9.67. The topological polar surface area (TPSA) is 59.8 Å². The van der Waals surface area contributed by atoms with Crippen molar-refractivity contribution in [1.29, 1.82) is 0 Å². The van der Waals surface area contributed by atoms with E-state index in [1.54, 1.807) is 0 Å². The van der Waals surface area contributed by atoms with Gasteiger partial charge in [-0.3, -0.25) is 4.79 Å². The number of amides is 1. The molecule has 5 nitrogen and oxygen atoms in total. The summed E-state index contributed by atoms with van der Waals surface area (Å²) in [6.07, 6.45) is 5.25. The van der Waals surface area contributed by atoms with Gasteiger partial charge < -0.3 is 9.88 Å². The maximum Gasteiger partial charge on any atom is 0.231 e. The Kier molecular flexibility index (Phi) is 4.69. The summed E-state index contributed by atoms with van der Waals surface area (Å²) in [5.41, 5.74) is 1.97. The molecular formula is C19H26N4O. The lowest BCUT2D eigenvalue weighted by Crippen LogP contribution is -2.46. The molecule has 0 aliphatic heterocycles. The van der Waals surface area contributed by atoms with Gasteiger partial charge in [0.15, 0.2) is 5.82 Å². The number of hydrogen-bond donors (Lipinski definition) is 1. The van der Waals surface area contributed by atoms with E-state index >= 15 is 0 Å². The van der Waals surface area contributed by atoms with Crippen molar-refractivity contribution in [2.24, 2.45) is 7.05 Å². The van der Waals surface area contributed by atoms with Crippen molar-refractivity contribution in [2.75, 3.05) is 0 Å². The molecule has 1 heterocycles. The van der Waals surface area contributed by atoms with Crippen molar-refractivity contribution < 1.29 is 4.79 Å². The minimum Gasteiger partial charge on any atom is -0.348 e. The van der Waals surface area contributed by atoms with Gasteiger partial charge >= 0.3 is 0 Å². The van der Waals surface area contributed by atoms with E-state index < -0.39 is 5.41 Å². The van der Waals surface area contributed by atoms with Crippen molar-refractivity contribution in [3.8, 4) is 0 Å². The molecule has 1 N–H and O–H groups in total. The van der Waals surface area contributed by atoms with Gasteiger partial charge in [-0.25, -0.2) is 0 Å². The zero-order valence-corrected chi connectivity index (χ0v) is 14.8. The molecule has 0 unspecified atom stereocenters. The van der Waals surface area contributed by atoms with Crippen LogP contribution in [-0.2, 0) is 23.8 Å². The third-order valence-electron chi connectivity index (χ3n) is 5.39. The van der Waals surface area contributed by atoms with Crippen molar-refractivity contribution in [3.05, 3.63) is 47.0 Å². The molecule has 0 saturated heterocycles. The molecule has 1 fully saturated rings. The molecule has 1 aromatic heterocycles. The quantitative estimate of drug-likeness (QED) is 0.940. The Balaban J connectivity index is 1.85. The maximum absolute atomic E-state index is 13.2. The zero-order chi connectivity index (χ0) is 17.2. The van der Waals surface area contributed by atoms with Crippen LogP contribution < -0.4 is 5.32 Å². The van der Waals surface area contributed by atoms with Crippen LogP contribution in [0.25, 0.3) is 0 Å². The first-order valence-electron chi connectivity index (χ1n) is 8.74. The van der Waals surface area contributed by atoms with E-state index in [2.05, 4.69) is 34.6 Å². The van der Waals surface area contributed by atoms with E-state index in [1.807, 2.05) is 30.7 Å². The van der Waals surface area contributed by atoms with E-state index in [0.717, 1.165) is 37.3 Å². The van der Waals surface area contributed by atoms with Crippen LogP contribution in [0.2, 0.25) is 0 Å². The van der Waals surface area contributed by atoms with Gasteiger partial charge in [0.2, 0.25) is 5.91 Å². The van der Waals surface area contributed by atoms with Gasteiger partial charge in [-0.1, -0.05) is 43.5 Å². The Bertz CT molecular complexity index is 729. The number of aryl methyl sites for hydroxylation is 2. The molecule has 0 radical (unpaired) electrons. The zero-order valence-electron chi connectivity index (χ0n) is 14.8. The van der Waals surface area contributed by atoms with Gasteiger partial charge in [-0.15, -0.1) is 10.2 Å². The van der Waals surface area contributed by atoms with Crippen LogP contribution in [0, 0.1) is 13.8 Å². The Hall–Kier alpha value is -2.17. The largest absolute Gasteiger partial charge is 0.348 e. The molecule has 3 rings (SSSR count). The SMILES string of the molecule is Cc1ccccc1C1(C(=O)NCc2nnc(C)n2C)CCCCC1. The van der Waals surface area contributed by atoms with E-state index in [-0.39, 0.29) is 5.91 Å². The molecule has 0 spiro atoms. The van der Waals surface area contributed by atoms with E-state index in [0.29, 0.717) is 6.54 Å². The first-order chi connectivity index (χ1) is 11.5. The summed E-state index contributed by atoms with van der Waals surface area (Å²) in [5.74, 6) is 1.76. The Morgan fingerprint density at radius 1 is 1.17 bits per heavy atom. The first kappa shape index (κ1) is 16.7. The first-order valence-corrected chi connectivity index (χ1v) is 8.74. The lowest BCUT2D eigenvalue weighted by Gasteiger charge is -2.37. The Labute approximate surface area is 143 Å². The van der Waals surface area contributed by atoms with Gasteiger partial charge in [-0.2, -0.15) is 0 Å². The molecule has 2 aromatic rings. The number of nitrogens with one attached hydrogen (secondary N) is 1. The average Bonchev–Trinajstić information content (AvgIpc) is 2.92. The summed E-state index contributed by atoms with van der Waals surface area (Å²) < 4.78 is 1.92. The minimum atomic E-state index is -0.406. The summed E-state index contributed by atoms with van der Waals surface area (Å²) in [6.45, 7) is 4.43. The average molecular weight is 326 g/mol. The van der Waals surface area contributed by atoms with Gasteiger partial charge in [0, 0.05) is 7.05 Å². The fourth-order valence-corrected chi connectivity index (χ4v) is 3.82. The number of aromatic nitrogens is 3. The molecule has 1 aliphatic rings. The Morgan fingerprint density at radius 2 is 1.88 bits per heavy atom. The molecule has 24 heavy (non-hydrogen) atoms. The molecule has 128 valence electrons. The fourth-order valence-electron chi connectivity index (χ4n) is 3.82. The lowest BCUT2D eigenvalue weighted by molar-refractivity contribution is -0.128. The number of nitrogens with zero attached hydrogens (tertiary/aromatic N) is 3. The monoisotopic (exact) mass is 326 g/mol. The van der Waals surface area contributed by atoms with Gasteiger partial charge in [-0.05, 0) is 37.8 Å². The molecule has 1 aliphatic carbocycles. The molecule has 1 amide bonds. The van der Waals surface area contributed by atoms with Crippen LogP contribution in [0.4, 0.5) is 0 Å². The Morgan fingerprint density at radius 3 is 2.50 bits per heavy atom. The third-order valence-corrected chi connectivity index (χ3v) is 5.39. The number of hydrogen-bond acceptors (Lipinski definition) is 3. The van der Waals surface area contributed by atoms with Crippen LogP contribution in [0.3, 0.4) is 0 Å². The molecule has 5 heteroatoms. The molecular weight excluding hydrogens is 300 g/mol. The highest BCUT2D eigenvalue weighted by Crippen LogP contribution is 2.41. The van der Waals surface area contributed by atoms with Crippen molar-refractivity contribution in [1.82, 2.24) is 20.1 Å². The predicted octanol–water partition coefficient (Wildman–Crippen LogP) is 2.95. The second kappa shape index (κ2) is 6.75. The smallest absolute Gasteiger partial charge is 0.231 e. The van der Waals surface area contributed by atoms with Crippen LogP contribution in [0.15, 0.2) is 24.3 Å².